The summed E-state index contributed by atoms with van der Waals surface area (Å²) in [6, 6.07) is 4.89. The maximum absolute atomic E-state index is 13.3. The first-order valence-electron chi connectivity index (χ1n) is 9.41. The van der Waals surface area contributed by atoms with E-state index < -0.39 is 29.7 Å². The van der Waals surface area contributed by atoms with Gasteiger partial charge in [-0.1, -0.05) is 11.3 Å². The molecule has 1 N–H and O–H groups in total. The molecule has 11 heteroatoms. The van der Waals surface area contributed by atoms with Crippen LogP contribution < -0.4 is 15.8 Å². The van der Waals surface area contributed by atoms with Gasteiger partial charge in [0, 0.05) is 18.8 Å². The maximum Gasteiger partial charge on any atom is 0.295 e. The molecule has 0 bridgehead atoms. The minimum atomic E-state index is -2.88. The Morgan fingerprint density at radius 1 is 1.30 bits per heavy atom. The van der Waals surface area contributed by atoms with Crippen LogP contribution >= 0.6 is 11.3 Å². The predicted octanol–water partition coefficient (Wildman–Crippen LogP) is 3.56. The summed E-state index contributed by atoms with van der Waals surface area (Å²) in [5.41, 5.74) is -0.135. The lowest BCUT2D eigenvalue weighted by Gasteiger charge is -2.23. The van der Waals surface area contributed by atoms with Crippen molar-refractivity contribution < 1.29 is 18.0 Å². The van der Waals surface area contributed by atoms with Gasteiger partial charge in [0.1, 0.15) is 11.9 Å². The van der Waals surface area contributed by atoms with Crippen molar-refractivity contribution in [1.82, 2.24) is 14.5 Å². The first kappa shape index (κ1) is 20.3. The monoisotopic (exact) mass is 437 g/mol. The van der Waals surface area contributed by atoms with E-state index in [9.17, 15) is 22.8 Å². The van der Waals surface area contributed by atoms with Crippen LogP contribution in [0.5, 0.6) is 0 Å². The van der Waals surface area contributed by atoms with Crippen molar-refractivity contribution in [2.24, 2.45) is 0 Å². The Morgan fingerprint density at radius 3 is 2.70 bits per heavy atom. The number of rotatable bonds is 5. The highest BCUT2D eigenvalue weighted by Crippen LogP contribution is 2.33. The molecule has 3 aromatic rings. The minimum absolute atomic E-state index is 0.0193. The van der Waals surface area contributed by atoms with E-state index in [0.29, 0.717) is 23.8 Å². The van der Waals surface area contributed by atoms with E-state index in [1.54, 1.807) is 11.8 Å². The van der Waals surface area contributed by atoms with Crippen molar-refractivity contribution in [1.29, 1.82) is 0 Å². The summed E-state index contributed by atoms with van der Waals surface area (Å²) in [4.78, 5) is 35.5. The molecule has 1 aliphatic rings. The van der Waals surface area contributed by atoms with Crippen LogP contribution in [-0.4, -0.2) is 33.0 Å². The second-order valence-electron chi connectivity index (χ2n) is 6.82. The number of thiazole rings is 1. The zero-order valence-electron chi connectivity index (χ0n) is 15.9. The molecular formula is C19H18F3N5O2S. The highest BCUT2D eigenvalue weighted by Gasteiger charge is 2.33. The number of hydrogen-bond acceptors (Lipinski definition) is 6. The summed E-state index contributed by atoms with van der Waals surface area (Å²) < 4.78 is 40.6. The van der Waals surface area contributed by atoms with E-state index in [1.165, 1.54) is 24.3 Å². The van der Waals surface area contributed by atoms with Crippen molar-refractivity contribution in [3.63, 3.8) is 0 Å². The number of fused-ring (bicyclic) bond motifs is 1. The smallest absolute Gasteiger partial charge is 0.295 e. The SMILES string of the molecule is CCn1c(C(F)F)nc2sc(N3CCCC3C(=O)Nc3ccc(F)cc3)nc2c1=O. The molecule has 158 valence electrons. The molecule has 1 aliphatic heterocycles. The van der Waals surface area contributed by atoms with Crippen LogP contribution in [0.15, 0.2) is 29.1 Å². The second kappa shape index (κ2) is 8.05. The predicted molar refractivity (Wildman–Crippen MR) is 108 cm³/mol. The van der Waals surface area contributed by atoms with Crippen molar-refractivity contribution in [3.05, 3.63) is 46.3 Å². The summed E-state index contributed by atoms with van der Waals surface area (Å²) in [6.45, 7) is 2.18. The number of anilines is 2. The first-order chi connectivity index (χ1) is 14.4. The molecule has 2 aromatic heterocycles. The van der Waals surface area contributed by atoms with E-state index in [0.717, 1.165) is 22.3 Å². The third-order valence-electron chi connectivity index (χ3n) is 4.96. The number of amides is 1. The first-order valence-corrected chi connectivity index (χ1v) is 10.2. The largest absolute Gasteiger partial charge is 0.336 e. The molecule has 0 saturated carbocycles. The summed E-state index contributed by atoms with van der Waals surface area (Å²) in [7, 11) is 0. The number of benzene rings is 1. The van der Waals surface area contributed by atoms with Gasteiger partial charge in [0.2, 0.25) is 5.91 Å². The Morgan fingerprint density at radius 2 is 2.03 bits per heavy atom. The van der Waals surface area contributed by atoms with Gasteiger partial charge in [-0.2, -0.15) is 0 Å². The highest BCUT2D eigenvalue weighted by molar-refractivity contribution is 7.21. The molecule has 1 atom stereocenters. The fourth-order valence-corrected chi connectivity index (χ4v) is 4.55. The summed E-state index contributed by atoms with van der Waals surface area (Å²) in [5.74, 6) is -1.28. The minimum Gasteiger partial charge on any atom is -0.336 e. The maximum atomic E-state index is 13.3. The van der Waals surface area contributed by atoms with Gasteiger partial charge < -0.3 is 10.2 Å². The van der Waals surface area contributed by atoms with Crippen LogP contribution in [-0.2, 0) is 11.3 Å². The molecule has 0 aliphatic carbocycles. The van der Waals surface area contributed by atoms with E-state index in [2.05, 4.69) is 15.3 Å². The van der Waals surface area contributed by atoms with Gasteiger partial charge in [-0.3, -0.25) is 14.2 Å². The molecule has 1 aromatic carbocycles. The fraction of sp³-hybridized carbons (Fsp3) is 0.368. The van der Waals surface area contributed by atoms with Gasteiger partial charge in [0.25, 0.3) is 12.0 Å². The molecule has 30 heavy (non-hydrogen) atoms. The average Bonchev–Trinajstić information content (AvgIpc) is 3.36. The molecule has 7 nitrogen and oxygen atoms in total. The number of nitrogens with one attached hydrogen (secondary N) is 1. The van der Waals surface area contributed by atoms with E-state index in [4.69, 9.17) is 0 Å². The lowest BCUT2D eigenvalue weighted by atomic mass is 10.2. The molecule has 1 unspecified atom stereocenters. The molecule has 1 amide bonds. The Balaban J connectivity index is 1.65. The summed E-state index contributed by atoms with van der Waals surface area (Å²) >= 11 is 1.02. The summed E-state index contributed by atoms with van der Waals surface area (Å²) in [6.07, 6.45) is -1.59. The molecule has 1 saturated heterocycles. The Hall–Kier alpha value is -2.95. The number of carbonyl (C=O) groups excluding carboxylic acids is 1. The topological polar surface area (TPSA) is 80.1 Å². The van der Waals surface area contributed by atoms with E-state index in [-0.39, 0.29) is 22.8 Å². The van der Waals surface area contributed by atoms with Gasteiger partial charge in [0.05, 0.1) is 0 Å². The van der Waals surface area contributed by atoms with Gasteiger partial charge >= 0.3 is 0 Å². The quantitative estimate of drug-likeness (QED) is 0.660. The number of hydrogen-bond donors (Lipinski definition) is 1. The fourth-order valence-electron chi connectivity index (χ4n) is 3.53. The van der Waals surface area contributed by atoms with Crippen LogP contribution in [0.3, 0.4) is 0 Å². The van der Waals surface area contributed by atoms with Gasteiger partial charge in [-0.05, 0) is 44.0 Å². The van der Waals surface area contributed by atoms with Crippen LogP contribution in [0.4, 0.5) is 24.0 Å². The Labute approximate surface area is 173 Å². The Bertz CT molecular complexity index is 1150. The van der Waals surface area contributed by atoms with Gasteiger partial charge in [-0.15, -0.1) is 0 Å². The van der Waals surface area contributed by atoms with Crippen molar-refractivity contribution in [2.75, 3.05) is 16.8 Å². The van der Waals surface area contributed by atoms with Crippen molar-refractivity contribution in [3.8, 4) is 0 Å². The van der Waals surface area contributed by atoms with Gasteiger partial charge in [-0.25, -0.2) is 23.1 Å². The van der Waals surface area contributed by atoms with Gasteiger partial charge in [0.15, 0.2) is 21.3 Å². The average molecular weight is 437 g/mol. The highest BCUT2D eigenvalue weighted by atomic mass is 32.1. The van der Waals surface area contributed by atoms with Crippen molar-refractivity contribution >= 4 is 38.4 Å². The molecular weight excluding hydrogens is 419 g/mol. The molecule has 3 heterocycles. The van der Waals surface area contributed by atoms with Crippen LogP contribution in [0.1, 0.15) is 32.0 Å². The molecule has 0 radical (unpaired) electrons. The number of alkyl halides is 2. The molecule has 1 fully saturated rings. The molecule has 4 rings (SSSR count). The third kappa shape index (κ3) is 3.64. The lowest BCUT2D eigenvalue weighted by molar-refractivity contribution is -0.117. The zero-order valence-corrected chi connectivity index (χ0v) is 16.8. The number of halogens is 3. The van der Waals surface area contributed by atoms with Crippen LogP contribution in [0.2, 0.25) is 0 Å². The third-order valence-corrected chi connectivity index (χ3v) is 5.95. The number of carbonyl (C=O) groups is 1. The van der Waals surface area contributed by atoms with E-state index in [1.807, 2.05) is 0 Å². The lowest BCUT2D eigenvalue weighted by Crippen LogP contribution is -2.39. The summed E-state index contributed by atoms with van der Waals surface area (Å²) in [5, 5.41) is 3.14. The standard InChI is InChI=1S/C19H18F3N5O2S/c1-2-26-15(14(21)22)25-17-13(18(26)29)24-19(30-17)27-9-3-4-12(27)16(28)23-11-7-5-10(20)6-8-11/h5-8,12,14H,2-4,9H2,1H3,(H,23,28). The normalized spacial score (nSPS) is 16.6. The zero-order chi connectivity index (χ0) is 21.4. The van der Waals surface area contributed by atoms with Crippen LogP contribution in [0, 0.1) is 5.82 Å². The van der Waals surface area contributed by atoms with E-state index >= 15 is 0 Å². The Kier molecular flexibility index (Phi) is 5.46. The second-order valence-corrected chi connectivity index (χ2v) is 7.77. The number of nitrogens with zero attached hydrogens (tertiary/aromatic N) is 4. The number of aromatic nitrogens is 3. The van der Waals surface area contributed by atoms with Crippen LogP contribution in [0.25, 0.3) is 10.3 Å². The molecule has 0 spiro atoms. The van der Waals surface area contributed by atoms with Crippen molar-refractivity contribution in [2.45, 2.75) is 38.8 Å².